The molecule has 0 radical (unpaired) electrons. The van der Waals surface area contributed by atoms with E-state index in [1.165, 1.54) is 30.5 Å². The van der Waals surface area contributed by atoms with Crippen LogP contribution >= 0.6 is 0 Å². The van der Waals surface area contributed by atoms with Gasteiger partial charge in [-0.15, -0.1) is 0 Å². The molecule has 0 unspecified atom stereocenters. The van der Waals surface area contributed by atoms with Gasteiger partial charge >= 0.3 is 12.3 Å². The van der Waals surface area contributed by atoms with Crippen molar-refractivity contribution in [3.63, 3.8) is 0 Å². The summed E-state index contributed by atoms with van der Waals surface area (Å²) < 4.78 is 38.4. The maximum Gasteiger partial charge on any atom is 0.416 e. The number of benzene rings is 2. The maximum atomic E-state index is 12.8. The third-order valence-corrected chi connectivity index (χ3v) is 4.20. The predicted octanol–water partition coefficient (Wildman–Crippen LogP) is 5.42. The van der Waals surface area contributed by atoms with E-state index in [4.69, 9.17) is 5.11 Å². The molecule has 6 nitrogen and oxygen atoms in total. The Labute approximate surface area is 169 Å². The number of amides is 2. The molecule has 3 N–H and O–H groups in total. The van der Waals surface area contributed by atoms with Crippen molar-refractivity contribution >= 4 is 23.5 Å². The number of nitrogens with zero attached hydrogens (tertiary/aromatic N) is 1. The average molecular weight is 415 g/mol. The molecule has 0 spiro atoms. The summed E-state index contributed by atoms with van der Waals surface area (Å²) in [6.07, 6.45) is -4.42. The molecule has 2 aromatic carbocycles. The highest BCUT2D eigenvalue weighted by Crippen LogP contribution is 2.32. The molecule has 154 valence electrons. The number of carbonyl (C=O) groups is 2. The Morgan fingerprint density at radius 2 is 1.67 bits per heavy atom. The molecule has 30 heavy (non-hydrogen) atoms. The number of nitrogens with one attached hydrogen (secondary N) is 2. The van der Waals surface area contributed by atoms with Crippen molar-refractivity contribution in [3.05, 3.63) is 77.5 Å². The normalized spacial score (nSPS) is 11.1. The summed E-state index contributed by atoms with van der Waals surface area (Å²) in [5.74, 6) is -0.379. The minimum absolute atomic E-state index is 0.0986. The molecule has 0 saturated heterocycles. The number of aromatic nitrogens is 1. The van der Waals surface area contributed by atoms with E-state index in [2.05, 4.69) is 15.6 Å². The molecule has 0 fully saturated rings. The first-order valence-electron chi connectivity index (χ1n) is 8.69. The lowest BCUT2D eigenvalue weighted by molar-refractivity contribution is -0.137. The monoisotopic (exact) mass is 415 g/mol. The second-order valence-corrected chi connectivity index (χ2v) is 6.44. The van der Waals surface area contributed by atoms with Crippen LogP contribution in [0, 0.1) is 6.92 Å². The summed E-state index contributed by atoms with van der Waals surface area (Å²) >= 11 is 0. The van der Waals surface area contributed by atoms with Gasteiger partial charge in [-0.1, -0.05) is 29.8 Å². The van der Waals surface area contributed by atoms with E-state index in [0.717, 1.165) is 17.7 Å². The lowest BCUT2D eigenvalue weighted by Crippen LogP contribution is -2.14. The third-order valence-electron chi connectivity index (χ3n) is 4.20. The topological polar surface area (TPSA) is 91.3 Å². The molecule has 0 bridgehead atoms. The highest BCUT2D eigenvalue weighted by atomic mass is 19.4. The number of rotatable bonds is 4. The van der Waals surface area contributed by atoms with Crippen LogP contribution in [0.25, 0.3) is 11.1 Å². The average Bonchev–Trinajstić information content (AvgIpc) is 2.68. The van der Waals surface area contributed by atoms with E-state index in [9.17, 15) is 22.8 Å². The summed E-state index contributed by atoms with van der Waals surface area (Å²) in [5, 5.41) is 13.4. The number of hydrogen-bond acceptors (Lipinski definition) is 3. The van der Waals surface area contributed by atoms with Gasteiger partial charge < -0.3 is 10.4 Å². The molecule has 0 saturated carbocycles. The maximum absolute atomic E-state index is 12.8. The van der Waals surface area contributed by atoms with Crippen molar-refractivity contribution in [2.45, 2.75) is 13.1 Å². The molecule has 1 aromatic heterocycles. The van der Waals surface area contributed by atoms with Gasteiger partial charge in [0.2, 0.25) is 0 Å². The van der Waals surface area contributed by atoms with Gasteiger partial charge in [0, 0.05) is 5.56 Å². The van der Waals surface area contributed by atoms with Crippen LogP contribution in [0.15, 0.2) is 60.8 Å². The zero-order valence-corrected chi connectivity index (χ0v) is 15.6. The van der Waals surface area contributed by atoms with Crippen molar-refractivity contribution < 1.29 is 27.9 Å². The van der Waals surface area contributed by atoms with Gasteiger partial charge in [0.05, 0.1) is 17.4 Å². The molecule has 0 aliphatic carbocycles. The van der Waals surface area contributed by atoms with Gasteiger partial charge in [-0.05, 0) is 48.4 Å². The van der Waals surface area contributed by atoms with Crippen LogP contribution in [0.3, 0.4) is 0 Å². The fourth-order valence-corrected chi connectivity index (χ4v) is 2.79. The molecular weight excluding hydrogens is 399 g/mol. The summed E-state index contributed by atoms with van der Waals surface area (Å²) in [5.41, 5.74) is 1.58. The first-order chi connectivity index (χ1) is 14.1. The van der Waals surface area contributed by atoms with E-state index in [1.807, 2.05) is 0 Å². The van der Waals surface area contributed by atoms with Crippen LogP contribution < -0.4 is 10.6 Å². The Hall–Kier alpha value is -3.88. The lowest BCUT2D eigenvalue weighted by Gasteiger charge is -2.13. The number of aryl methyl sites for hydroxylation is 1. The third kappa shape index (κ3) is 4.93. The number of pyridine rings is 1. The van der Waals surface area contributed by atoms with Crippen LogP contribution in [-0.2, 0) is 6.18 Å². The molecule has 1 heterocycles. The van der Waals surface area contributed by atoms with Crippen LogP contribution in [0.5, 0.6) is 0 Å². The van der Waals surface area contributed by atoms with E-state index >= 15 is 0 Å². The second-order valence-electron chi connectivity index (χ2n) is 6.44. The standard InChI is InChI=1S/C21H16F3N3O3/c1-12-2-8-16(13-3-5-14(6-4-13)21(22,23)24)17(10-12)19(28)26-15-7-9-18(25-11-15)27-20(29)30/h2-11H,1H3,(H,25,27)(H,26,28)(H,29,30). The van der Waals surface area contributed by atoms with Crippen molar-refractivity contribution in [1.29, 1.82) is 0 Å². The zero-order chi connectivity index (χ0) is 21.9. The quantitative estimate of drug-likeness (QED) is 0.531. The lowest BCUT2D eigenvalue weighted by atomic mass is 9.96. The van der Waals surface area contributed by atoms with Crippen LogP contribution in [-0.4, -0.2) is 22.1 Å². The fourth-order valence-electron chi connectivity index (χ4n) is 2.79. The number of halogens is 3. The summed E-state index contributed by atoms with van der Waals surface area (Å²) in [6, 6.07) is 12.5. The molecule has 3 aromatic rings. The van der Waals surface area contributed by atoms with Gasteiger partial charge in [0.15, 0.2) is 0 Å². The van der Waals surface area contributed by atoms with Gasteiger partial charge in [-0.25, -0.2) is 9.78 Å². The van der Waals surface area contributed by atoms with Crippen molar-refractivity contribution in [1.82, 2.24) is 4.98 Å². The summed E-state index contributed by atoms with van der Waals surface area (Å²) in [6.45, 7) is 1.79. The number of anilines is 2. The Kier molecular flexibility index (Phi) is 5.72. The van der Waals surface area contributed by atoms with Crippen molar-refractivity contribution in [3.8, 4) is 11.1 Å². The Balaban J connectivity index is 1.87. The first-order valence-corrected chi connectivity index (χ1v) is 8.69. The minimum Gasteiger partial charge on any atom is -0.465 e. The molecule has 3 rings (SSSR count). The number of carbonyl (C=O) groups excluding carboxylic acids is 1. The highest BCUT2D eigenvalue weighted by molar-refractivity contribution is 6.08. The van der Waals surface area contributed by atoms with Crippen molar-refractivity contribution in [2.75, 3.05) is 10.6 Å². The zero-order valence-electron chi connectivity index (χ0n) is 15.6. The van der Waals surface area contributed by atoms with Crippen LogP contribution in [0.1, 0.15) is 21.5 Å². The van der Waals surface area contributed by atoms with E-state index in [1.54, 1.807) is 25.1 Å². The van der Waals surface area contributed by atoms with Gasteiger partial charge in [-0.3, -0.25) is 10.1 Å². The largest absolute Gasteiger partial charge is 0.465 e. The summed E-state index contributed by atoms with van der Waals surface area (Å²) in [4.78, 5) is 27.3. The predicted molar refractivity (Wildman–Crippen MR) is 105 cm³/mol. The molecule has 0 atom stereocenters. The smallest absolute Gasteiger partial charge is 0.416 e. The van der Waals surface area contributed by atoms with Gasteiger partial charge in [0.1, 0.15) is 5.82 Å². The Bertz CT molecular complexity index is 1080. The van der Waals surface area contributed by atoms with Crippen molar-refractivity contribution in [2.24, 2.45) is 0 Å². The van der Waals surface area contributed by atoms with E-state index in [-0.39, 0.29) is 11.4 Å². The molecule has 9 heteroatoms. The van der Waals surface area contributed by atoms with E-state index in [0.29, 0.717) is 16.8 Å². The van der Waals surface area contributed by atoms with E-state index < -0.39 is 23.7 Å². The Morgan fingerprint density at radius 1 is 0.967 bits per heavy atom. The second kappa shape index (κ2) is 8.24. The number of alkyl halides is 3. The SMILES string of the molecule is Cc1ccc(-c2ccc(C(F)(F)F)cc2)c(C(=O)Nc2ccc(NC(=O)O)nc2)c1. The highest BCUT2D eigenvalue weighted by Gasteiger charge is 2.30. The molecule has 0 aliphatic rings. The summed E-state index contributed by atoms with van der Waals surface area (Å²) in [7, 11) is 0. The number of hydrogen-bond donors (Lipinski definition) is 3. The molecular formula is C21H16F3N3O3. The van der Waals surface area contributed by atoms with Crippen LogP contribution in [0.4, 0.5) is 29.5 Å². The number of carboxylic acid groups (broad SMARTS) is 1. The van der Waals surface area contributed by atoms with Gasteiger partial charge in [-0.2, -0.15) is 13.2 Å². The van der Waals surface area contributed by atoms with Gasteiger partial charge in [0.25, 0.3) is 5.91 Å². The first kappa shape index (κ1) is 20.8. The van der Waals surface area contributed by atoms with Crippen LogP contribution in [0.2, 0.25) is 0 Å². The Morgan fingerprint density at radius 3 is 2.23 bits per heavy atom. The molecule has 2 amide bonds. The minimum atomic E-state index is -4.44. The fraction of sp³-hybridized carbons (Fsp3) is 0.0952. The molecule has 0 aliphatic heterocycles.